The molecule has 0 bridgehead atoms. The van der Waals surface area contributed by atoms with Crippen LogP contribution in [0.3, 0.4) is 0 Å². The van der Waals surface area contributed by atoms with E-state index in [2.05, 4.69) is 5.32 Å². The van der Waals surface area contributed by atoms with Gasteiger partial charge in [-0.15, -0.1) is 0 Å². The fraction of sp³-hybridized carbons (Fsp3) is 0.188. The molecule has 7 heteroatoms. The van der Waals surface area contributed by atoms with Crippen LogP contribution < -0.4 is 5.32 Å². The lowest BCUT2D eigenvalue weighted by Crippen LogP contribution is -2.25. The van der Waals surface area contributed by atoms with E-state index in [1.807, 2.05) is 24.3 Å². The maximum atomic E-state index is 12.0. The Hall–Kier alpha value is -3.09. The molecule has 0 atom stereocenters. The maximum absolute atomic E-state index is 12.0. The van der Waals surface area contributed by atoms with Crippen LogP contribution in [0, 0.1) is 0 Å². The Morgan fingerprint density at radius 2 is 2.04 bits per heavy atom. The van der Waals surface area contributed by atoms with Crippen molar-refractivity contribution in [2.24, 2.45) is 0 Å². The van der Waals surface area contributed by atoms with Crippen LogP contribution in [0.2, 0.25) is 0 Å². The molecule has 0 unspecified atom stereocenters. The van der Waals surface area contributed by atoms with Crippen molar-refractivity contribution in [2.75, 3.05) is 14.2 Å². The van der Waals surface area contributed by atoms with Crippen molar-refractivity contribution in [2.45, 2.75) is 6.54 Å². The normalized spacial score (nSPS) is 16.3. The average molecular weight is 313 g/mol. The van der Waals surface area contributed by atoms with Crippen LogP contribution in [0.4, 0.5) is 4.79 Å². The Labute approximate surface area is 132 Å². The monoisotopic (exact) mass is 313 g/mol. The number of fused-ring (bicyclic) bond motifs is 1. The van der Waals surface area contributed by atoms with E-state index in [9.17, 15) is 14.4 Å². The highest BCUT2D eigenvalue weighted by Crippen LogP contribution is 2.24. The topological polar surface area (TPSA) is 80.6 Å². The molecule has 1 aliphatic heterocycles. The van der Waals surface area contributed by atoms with E-state index in [0.717, 1.165) is 21.4 Å². The van der Waals surface area contributed by atoms with Gasteiger partial charge in [-0.25, -0.2) is 4.79 Å². The van der Waals surface area contributed by atoms with Gasteiger partial charge in [0.05, 0.1) is 7.11 Å². The molecule has 1 saturated heterocycles. The molecule has 3 amide bonds. The first kappa shape index (κ1) is 14.8. The number of imide groups is 1. The lowest BCUT2D eigenvalue weighted by atomic mass is 10.1. The molecule has 1 aliphatic rings. The summed E-state index contributed by atoms with van der Waals surface area (Å²) in [5.74, 6) is -0.755. The SMILES string of the molecule is COC(=O)Cn1cc(/C=C2/NC(=O)N(C)C2=O)c2ccccc21. The number of carbonyl (C=O) groups is 3. The molecule has 0 aliphatic carbocycles. The van der Waals surface area contributed by atoms with E-state index in [4.69, 9.17) is 4.74 Å². The van der Waals surface area contributed by atoms with Crippen molar-refractivity contribution in [3.05, 3.63) is 41.7 Å². The van der Waals surface area contributed by atoms with Crippen LogP contribution >= 0.6 is 0 Å². The Morgan fingerprint density at radius 3 is 2.70 bits per heavy atom. The number of amides is 3. The second-order valence-electron chi connectivity index (χ2n) is 5.16. The van der Waals surface area contributed by atoms with Gasteiger partial charge in [0.15, 0.2) is 0 Å². The van der Waals surface area contributed by atoms with Crippen molar-refractivity contribution in [3.8, 4) is 0 Å². The lowest BCUT2D eigenvalue weighted by Gasteiger charge is -2.02. The molecule has 7 nitrogen and oxygen atoms in total. The Balaban J connectivity index is 2.07. The highest BCUT2D eigenvalue weighted by Gasteiger charge is 2.30. The standard InChI is InChI=1S/C16H15N3O4/c1-18-15(21)12(17-16(18)22)7-10-8-19(9-14(20)23-2)13-6-4-3-5-11(10)13/h3-8H,9H2,1-2H3,(H,17,22)/b12-7+. The zero-order valence-corrected chi connectivity index (χ0v) is 12.7. The molecule has 0 saturated carbocycles. The molecule has 23 heavy (non-hydrogen) atoms. The second kappa shape index (κ2) is 5.60. The van der Waals surface area contributed by atoms with Crippen molar-refractivity contribution < 1.29 is 19.1 Å². The molecule has 1 fully saturated rings. The van der Waals surface area contributed by atoms with Crippen LogP contribution in [0.1, 0.15) is 5.56 Å². The lowest BCUT2D eigenvalue weighted by molar-refractivity contribution is -0.141. The molecule has 1 aromatic carbocycles. The van der Waals surface area contributed by atoms with E-state index in [1.54, 1.807) is 16.8 Å². The summed E-state index contributed by atoms with van der Waals surface area (Å²) in [5, 5.41) is 3.40. The summed E-state index contributed by atoms with van der Waals surface area (Å²) < 4.78 is 6.45. The smallest absolute Gasteiger partial charge is 0.328 e. The number of aromatic nitrogens is 1. The Bertz CT molecular complexity index is 850. The van der Waals surface area contributed by atoms with Crippen molar-refractivity contribution in [1.29, 1.82) is 0 Å². The van der Waals surface area contributed by atoms with Gasteiger partial charge < -0.3 is 14.6 Å². The van der Waals surface area contributed by atoms with E-state index in [-0.39, 0.29) is 24.1 Å². The number of nitrogens with one attached hydrogen (secondary N) is 1. The molecule has 1 N–H and O–H groups in total. The van der Waals surface area contributed by atoms with Gasteiger partial charge in [-0.05, 0) is 12.1 Å². The van der Waals surface area contributed by atoms with Gasteiger partial charge in [-0.2, -0.15) is 0 Å². The first-order chi connectivity index (χ1) is 11.0. The van der Waals surface area contributed by atoms with E-state index in [0.29, 0.717) is 0 Å². The summed E-state index contributed by atoms with van der Waals surface area (Å²) in [4.78, 5) is 36.1. The van der Waals surface area contributed by atoms with Gasteiger partial charge >= 0.3 is 12.0 Å². The molecular weight excluding hydrogens is 298 g/mol. The van der Waals surface area contributed by atoms with Crippen LogP contribution in [0.15, 0.2) is 36.2 Å². The minimum Gasteiger partial charge on any atom is -0.468 e. The third kappa shape index (κ3) is 2.57. The number of hydrogen-bond donors (Lipinski definition) is 1. The average Bonchev–Trinajstić information content (AvgIpc) is 3.01. The predicted octanol–water partition coefficient (Wildman–Crippen LogP) is 1.34. The number of benzene rings is 1. The number of nitrogens with zero attached hydrogens (tertiary/aromatic N) is 2. The van der Waals surface area contributed by atoms with Crippen LogP contribution in [-0.2, 0) is 20.9 Å². The largest absolute Gasteiger partial charge is 0.468 e. The molecule has 118 valence electrons. The fourth-order valence-electron chi connectivity index (χ4n) is 2.50. The van der Waals surface area contributed by atoms with Gasteiger partial charge in [-0.3, -0.25) is 14.5 Å². The van der Waals surface area contributed by atoms with Crippen LogP contribution in [0.5, 0.6) is 0 Å². The van der Waals surface area contributed by atoms with Crippen molar-refractivity contribution in [1.82, 2.24) is 14.8 Å². The minimum absolute atomic E-state index is 0.0698. The fourth-order valence-corrected chi connectivity index (χ4v) is 2.50. The highest BCUT2D eigenvalue weighted by molar-refractivity contribution is 6.14. The van der Waals surface area contributed by atoms with E-state index >= 15 is 0 Å². The summed E-state index contributed by atoms with van der Waals surface area (Å²) in [6.07, 6.45) is 3.37. The summed E-state index contributed by atoms with van der Waals surface area (Å²) in [7, 11) is 2.75. The van der Waals surface area contributed by atoms with Crippen LogP contribution in [0.25, 0.3) is 17.0 Å². The number of methoxy groups -OCH3 is 1. The van der Waals surface area contributed by atoms with E-state index in [1.165, 1.54) is 14.2 Å². The minimum atomic E-state index is -0.459. The number of rotatable bonds is 3. The van der Waals surface area contributed by atoms with Gasteiger partial charge in [-0.1, -0.05) is 18.2 Å². The number of likely N-dealkylation sites (N-methyl/N-ethyl adjacent to an activating group) is 1. The summed E-state index contributed by atoms with van der Waals surface area (Å²) in [5.41, 5.74) is 1.79. The van der Waals surface area contributed by atoms with Crippen LogP contribution in [-0.4, -0.2) is 41.5 Å². The number of carbonyl (C=O) groups excluding carboxylic acids is 3. The molecule has 3 rings (SSSR count). The molecule has 2 aromatic rings. The molecule has 1 aromatic heterocycles. The Morgan fingerprint density at radius 1 is 1.30 bits per heavy atom. The molecule has 0 spiro atoms. The van der Waals surface area contributed by atoms with Crippen molar-refractivity contribution in [3.63, 3.8) is 0 Å². The molecule has 2 heterocycles. The zero-order chi connectivity index (χ0) is 16.6. The first-order valence-electron chi connectivity index (χ1n) is 6.96. The number of hydrogen-bond acceptors (Lipinski definition) is 4. The third-order valence-electron chi connectivity index (χ3n) is 3.73. The third-order valence-corrected chi connectivity index (χ3v) is 3.73. The van der Waals surface area contributed by atoms with Gasteiger partial charge in [0.1, 0.15) is 12.2 Å². The summed E-state index contributed by atoms with van der Waals surface area (Å²) in [6.45, 7) is 0.0698. The highest BCUT2D eigenvalue weighted by atomic mass is 16.5. The second-order valence-corrected chi connectivity index (χ2v) is 5.16. The van der Waals surface area contributed by atoms with Crippen molar-refractivity contribution >= 4 is 34.9 Å². The van der Waals surface area contributed by atoms with Gasteiger partial charge in [0.2, 0.25) is 0 Å². The summed E-state index contributed by atoms with van der Waals surface area (Å²) >= 11 is 0. The number of para-hydroxylation sites is 1. The number of esters is 1. The zero-order valence-electron chi connectivity index (χ0n) is 12.7. The Kier molecular flexibility index (Phi) is 3.61. The predicted molar refractivity (Wildman–Crippen MR) is 83.2 cm³/mol. The molecule has 0 radical (unpaired) electrons. The van der Waals surface area contributed by atoms with E-state index < -0.39 is 6.03 Å². The quantitative estimate of drug-likeness (QED) is 0.527. The first-order valence-corrected chi connectivity index (χ1v) is 6.96. The number of urea groups is 1. The maximum Gasteiger partial charge on any atom is 0.328 e. The molecular formula is C16H15N3O4. The van der Waals surface area contributed by atoms with Gasteiger partial charge in [0.25, 0.3) is 5.91 Å². The summed E-state index contributed by atoms with van der Waals surface area (Å²) in [6, 6.07) is 7.04. The van der Waals surface area contributed by atoms with Gasteiger partial charge in [0, 0.05) is 29.7 Å². The number of ether oxygens (including phenoxy) is 1.